The molecule has 1 aliphatic rings. The summed E-state index contributed by atoms with van der Waals surface area (Å²) in [4.78, 5) is 37.4. The van der Waals surface area contributed by atoms with Crippen molar-refractivity contribution in [2.75, 3.05) is 13.2 Å². The van der Waals surface area contributed by atoms with Crippen molar-refractivity contribution in [3.8, 4) is 0 Å². The fraction of sp³-hybridized carbons (Fsp3) is 0.611. The van der Waals surface area contributed by atoms with Gasteiger partial charge in [-0.05, 0) is 45.6 Å². The number of amides is 1. The Hall–Kier alpha value is -2.40. The van der Waals surface area contributed by atoms with Crippen molar-refractivity contribution in [2.24, 2.45) is 4.99 Å². The maximum absolute atomic E-state index is 11.9. The van der Waals surface area contributed by atoms with Crippen LogP contribution in [0.5, 0.6) is 0 Å². The van der Waals surface area contributed by atoms with Crippen molar-refractivity contribution >= 4 is 18.1 Å². The molecular weight excluding hydrogens is 324 g/mol. The van der Waals surface area contributed by atoms with Crippen molar-refractivity contribution in [3.63, 3.8) is 0 Å². The maximum Gasteiger partial charge on any atom is 0.407 e. The van der Waals surface area contributed by atoms with Crippen LogP contribution < -0.4 is 5.32 Å². The Bertz CT molecular complexity index is 575. The summed E-state index contributed by atoms with van der Waals surface area (Å²) in [5, 5.41) is 2.61. The molecule has 0 aromatic rings. The first-order valence-electron chi connectivity index (χ1n) is 8.34. The molecular formula is C18H28N2O5. The molecule has 0 saturated heterocycles. The number of nitrogens with one attached hydrogen (secondary N) is 1. The predicted octanol–water partition coefficient (Wildman–Crippen LogP) is 3.06. The normalized spacial score (nSPS) is 14.8. The number of esters is 1. The van der Waals surface area contributed by atoms with E-state index in [9.17, 15) is 14.4 Å². The number of isocyanates is 1. The molecule has 0 aliphatic heterocycles. The van der Waals surface area contributed by atoms with Crippen molar-refractivity contribution in [1.82, 2.24) is 5.32 Å². The van der Waals surface area contributed by atoms with E-state index in [0.717, 1.165) is 18.4 Å². The Morgan fingerprint density at radius 1 is 1.40 bits per heavy atom. The molecule has 1 rings (SSSR count). The van der Waals surface area contributed by atoms with Gasteiger partial charge >= 0.3 is 12.1 Å². The zero-order chi connectivity index (χ0) is 18.7. The average molecular weight is 352 g/mol. The van der Waals surface area contributed by atoms with Gasteiger partial charge in [0, 0.05) is 7.85 Å². The van der Waals surface area contributed by atoms with Gasteiger partial charge in [-0.2, -0.15) is 0 Å². The van der Waals surface area contributed by atoms with Crippen LogP contribution in [-0.2, 0) is 19.1 Å². The third-order valence-corrected chi connectivity index (χ3v) is 3.27. The van der Waals surface area contributed by atoms with Crippen LogP contribution in [0.15, 0.2) is 28.8 Å². The zero-order valence-corrected chi connectivity index (χ0v) is 15.0. The van der Waals surface area contributed by atoms with Gasteiger partial charge in [-0.1, -0.05) is 18.2 Å². The van der Waals surface area contributed by atoms with Crippen molar-refractivity contribution in [1.29, 1.82) is 0 Å². The number of rotatable bonds is 8. The van der Waals surface area contributed by atoms with Crippen LogP contribution in [0.2, 0.25) is 0 Å². The molecule has 0 radical (unpaired) electrons. The molecule has 0 aromatic heterocycles. The summed E-state index contributed by atoms with van der Waals surface area (Å²) in [5.41, 5.74) is 0.344. The Kier molecular flexibility index (Phi) is 8.64. The molecule has 1 aliphatic carbocycles. The van der Waals surface area contributed by atoms with E-state index >= 15 is 0 Å². The van der Waals surface area contributed by atoms with Gasteiger partial charge in [0.2, 0.25) is 6.08 Å². The number of allylic oxidation sites excluding steroid dienone is 2. The molecule has 1 N–H and O–H groups in total. The largest absolute Gasteiger partial charge is 0.461 e. The van der Waals surface area contributed by atoms with Gasteiger partial charge in [0.1, 0.15) is 12.2 Å². The topological polar surface area (TPSA) is 94.1 Å². The van der Waals surface area contributed by atoms with E-state index in [1.807, 2.05) is 18.2 Å². The minimum absolute atomic E-state index is 0. The van der Waals surface area contributed by atoms with E-state index < -0.39 is 17.7 Å². The SMILES string of the molecule is CC(C)(C)OC(=O)N[C@@H](CCC(=O)OCC1=CCCC=C1)CN=C=O.[HH]. The minimum Gasteiger partial charge on any atom is -0.461 e. The number of carbonyl (C=O) groups is 2. The van der Waals surface area contributed by atoms with Gasteiger partial charge in [-0.25, -0.2) is 14.6 Å². The molecule has 0 bridgehead atoms. The summed E-state index contributed by atoms with van der Waals surface area (Å²) in [5.74, 6) is -0.369. The highest BCUT2D eigenvalue weighted by molar-refractivity contribution is 5.70. The second-order valence-electron chi connectivity index (χ2n) is 6.73. The Morgan fingerprint density at radius 3 is 2.76 bits per heavy atom. The quantitative estimate of drug-likeness (QED) is 0.411. The molecule has 0 saturated carbocycles. The van der Waals surface area contributed by atoms with Crippen LogP contribution in [0, 0.1) is 0 Å². The van der Waals surface area contributed by atoms with E-state index in [1.165, 1.54) is 6.08 Å². The molecule has 7 nitrogen and oxygen atoms in total. The molecule has 25 heavy (non-hydrogen) atoms. The third kappa shape index (κ3) is 10.1. The van der Waals surface area contributed by atoms with E-state index in [4.69, 9.17) is 9.47 Å². The van der Waals surface area contributed by atoms with Gasteiger partial charge in [0.05, 0.1) is 12.6 Å². The third-order valence-electron chi connectivity index (χ3n) is 3.27. The number of carbonyl (C=O) groups excluding carboxylic acids is 3. The minimum atomic E-state index is -0.636. The Morgan fingerprint density at radius 2 is 2.16 bits per heavy atom. The predicted molar refractivity (Wildman–Crippen MR) is 94.9 cm³/mol. The number of ether oxygens (including phenoxy) is 2. The fourth-order valence-corrected chi connectivity index (χ4v) is 2.13. The smallest absolute Gasteiger partial charge is 0.407 e. The summed E-state index contributed by atoms with van der Waals surface area (Å²) in [7, 11) is 0. The number of hydrogen-bond donors (Lipinski definition) is 1. The van der Waals surface area contributed by atoms with Gasteiger partial charge < -0.3 is 14.8 Å². The summed E-state index contributed by atoms with van der Waals surface area (Å²) in [6.07, 6.45) is 9.19. The van der Waals surface area contributed by atoms with Crippen LogP contribution >= 0.6 is 0 Å². The van der Waals surface area contributed by atoms with Crippen LogP contribution in [0.1, 0.15) is 47.9 Å². The van der Waals surface area contributed by atoms with Gasteiger partial charge in [0.15, 0.2) is 0 Å². The van der Waals surface area contributed by atoms with E-state index in [-0.39, 0.29) is 33.4 Å². The van der Waals surface area contributed by atoms with Crippen LogP contribution in [0.3, 0.4) is 0 Å². The lowest BCUT2D eigenvalue weighted by atomic mass is 10.1. The Balaban J connectivity index is 0.00000625. The first-order chi connectivity index (χ1) is 11.8. The lowest BCUT2D eigenvalue weighted by molar-refractivity contribution is -0.142. The first-order valence-corrected chi connectivity index (χ1v) is 8.34. The standard InChI is InChI=1S/C18H26N2O5.H2/c1-18(2,3)25-17(23)20-15(11-19-13-21)9-10-16(22)24-12-14-7-5-4-6-8-14;/h5,7-8,15H,4,6,9-12H2,1-3H3,(H,20,23);1H/t15-;/m0./s1. The molecule has 0 aromatic carbocycles. The molecule has 7 heteroatoms. The van der Waals surface area contributed by atoms with E-state index in [0.29, 0.717) is 0 Å². The van der Waals surface area contributed by atoms with E-state index in [1.54, 1.807) is 20.8 Å². The second-order valence-corrected chi connectivity index (χ2v) is 6.73. The van der Waals surface area contributed by atoms with E-state index in [2.05, 4.69) is 10.3 Å². The molecule has 0 heterocycles. The van der Waals surface area contributed by atoms with Crippen LogP contribution in [0.4, 0.5) is 4.79 Å². The second kappa shape index (κ2) is 10.5. The molecule has 1 atom stereocenters. The maximum atomic E-state index is 11.9. The number of nitrogens with zero attached hydrogens (tertiary/aromatic N) is 1. The lowest BCUT2D eigenvalue weighted by Crippen LogP contribution is -2.41. The molecule has 0 fully saturated rings. The van der Waals surface area contributed by atoms with Crippen molar-refractivity contribution < 1.29 is 25.3 Å². The Labute approximate surface area is 149 Å². The average Bonchev–Trinajstić information content (AvgIpc) is 2.54. The van der Waals surface area contributed by atoms with Crippen molar-refractivity contribution in [3.05, 3.63) is 23.8 Å². The number of hydrogen-bond acceptors (Lipinski definition) is 6. The van der Waals surface area contributed by atoms with Crippen LogP contribution in [0.25, 0.3) is 0 Å². The van der Waals surface area contributed by atoms with Gasteiger partial charge in [-0.3, -0.25) is 4.79 Å². The van der Waals surface area contributed by atoms with Crippen LogP contribution in [-0.4, -0.2) is 42.9 Å². The first kappa shape index (κ1) is 20.6. The zero-order valence-electron chi connectivity index (χ0n) is 15.0. The number of aliphatic imine (C=N–C) groups is 1. The summed E-state index contributed by atoms with van der Waals surface area (Å²) < 4.78 is 10.4. The molecule has 1 amide bonds. The monoisotopic (exact) mass is 352 g/mol. The highest BCUT2D eigenvalue weighted by Crippen LogP contribution is 2.11. The van der Waals surface area contributed by atoms with Gasteiger partial charge in [0.25, 0.3) is 0 Å². The highest BCUT2D eigenvalue weighted by Gasteiger charge is 2.20. The fourth-order valence-electron chi connectivity index (χ4n) is 2.13. The summed E-state index contributed by atoms with van der Waals surface area (Å²) in [6.45, 7) is 5.51. The highest BCUT2D eigenvalue weighted by atomic mass is 16.6. The van der Waals surface area contributed by atoms with Crippen molar-refractivity contribution in [2.45, 2.75) is 58.1 Å². The van der Waals surface area contributed by atoms with Gasteiger partial charge in [-0.15, -0.1) is 0 Å². The lowest BCUT2D eigenvalue weighted by Gasteiger charge is -2.22. The number of alkyl carbamates (subject to hydrolysis) is 1. The molecule has 140 valence electrons. The molecule has 0 unspecified atom stereocenters. The summed E-state index contributed by atoms with van der Waals surface area (Å²) >= 11 is 0. The molecule has 0 spiro atoms. The summed E-state index contributed by atoms with van der Waals surface area (Å²) in [6, 6.07) is -0.502.